The number of aliphatic hydroxyl groups is 1. The van der Waals surface area contributed by atoms with Crippen molar-refractivity contribution in [2.24, 2.45) is 5.73 Å². The second-order valence-corrected chi connectivity index (χ2v) is 2.96. The van der Waals surface area contributed by atoms with Crippen molar-refractivity contribution in [3.63, 3.8) is 0 Å². The van der Waals surface area contributed by atoms with Crippen LogP contribution in [0, 0.1) is 0 Å². The largest absolute Gasteiger partial charge is 0.480 e. The minimum Gasteiger partial charge on any atom is -0.480 e. The minimum atomic E-state index is -1.18. The third-order valence-electron chi connectivity index (χ3n) is 1.75. The Morgan fingerprint density at radius 1 is 1.50 bits per heavy atom. The highest BCUT2D eigenvalue weighted by Crippen LogP contribution is 2.03. The lowest BCUT2D eigenvalue weighted by Gasteiger charge is -1.96. The Bertz CT molecular complexity index is 426. The Morgan fingerprint density at radius 3 is 2.69 bits per heavy atom. The number of rotatable bonds is 2. The third-order valence-corrected chi connectivity index (χ3v) is 1.75. The van der Waals surface area contributed by atoms with E-state index in [-0.39, 0.29) is 0 Å². The van der Waals surface area contributed by atoms with E-state index >= 15 is 0 Å². The second-order valence-electron chi connectivity index (χ2n) is 2.96. The predicted octanol–water partition coefficient (Wildman–Crippen LogP) is -0.651. The quantitative estimate of drug-likeness (QED) is 0.537. The average molecular weight is 224 g/mol. The number of aliphatic hydroxyl groups excluding tert-OH is 1. The van der Waals surface area contributed by atoms with E-state index in [1.54, 1.807) is 0 Å². The summed E-state index contributed by atoms with van der Waals surface area (Å²) in [4.78, 5) is 9.65. The van der Waals surface area contributed by atoms with Gasteiger partial charge in [0, 0.05) is 0 Å². The Morgan fingerprint density at radius 2 is 2.19 bits per heavy atom. The van der Waals surface area contributed by atoms with Gasteiger partial charge >= 0.3 is 5.97 Å². The predicted molar refractivity (Wildman–Crippen MR) is 56.6 cm³/mol. The molecular weight excluding hydrogens is 212 g/mol. The molecule has 0 aliphatic heterocycles. The van der Waals surface area contributed by atoms with Crippen LogP contribution in [-0.4, -0.2) is 44.2 Å². The van der Waals surface area contributed by atoms with Crippen LogP contribution in [0.4, 0.5) is 0 Å². The summed E-state index contributed by atoms with van der Waals surface area (Å²) in [6.45, 7) is -0.505. The minimum absolute atomic E-state index is 0.505. The topological polar surface area (TPSA) is 125 Å². The normalized spacial score (nSPS) is 11.6. The lowest BCUT2D eigenvalue weighted by atomic mass is 10.3. The molecule has 86 valence electrons. The fraction of sp³-hybridized carbons (Fsp3) is 0.222. The van der Waals surface area contributed by atoms with E-state index in [0.717, 1.165) is 11.0 Å². The Kier molecular flexibility index (Phi) is 4.37. The van der Waals surface area contributed by atoms with E-state index in [2.05, 4.69) is 15.4 Å². The molecule has 0 aliphatic rings. The standard InChI is InChI=1S/C6H5N3.C3H7NO3/c1-2-4-6-5(3-1)7-9-8-6;4-2(1-5)3(6)7/h1-4H,(H,7,8,9);2,5H,1,4H2,(H,6,7)/t;2-/m.0/s1. The van der Waals surface area contributed by atoms with Crippen molar-refractivity contribution in [2.45, 2.75) is 6.04 Å². The molecule has 5 N–H and O–H groups in total. The molecule has 1 atom stereocenters. The van der Waals surface area contributed by atoms with Gasteiger partial charge in [-0.3, -0.25) is 9.89 Å². The van der Waals surface area contributed by atoms with Crippen LogP contribution in [0.15, 0.2) is 24.3 Å². The third kappa shape index (κ3) is 3.30. The zero-order valence-corrected chi connectivity index (χ0v) is 8.37. The fourth-order valence-corrected chi connectivity index (χ4v) is 0.866. The molecular formula is C9H12N4O3. The van der Waals surface area contributed by atoms with E-state index in [1.807, 2.05) is 24.3 Å². The maximum absolute atomic E-state index is 9.65. The first kappa shape index (κ1) is 12.1. The molecule has 0 saturated heterocycles. The molecule has 7 heteroatoms. The summed E-state index contributed by atoms with van der Waals surface area (Å²) in [5, 5.41) is 26.1. The molecule has 16 heavy (non-hydrogen) atoms. The average Bonchev–Trinajstić information content (AvgIpc) is 2.76. The van der Waals surface area contributed by atoms with Crippen LogP contribution in [0.25, 0.3) is 11.0 Å². The molecule has 1 aromatic heterocycles. The smallest absolute Gasteiger partial charge is 0.322 e. The molecule has 0 fully saturated rings. The number of nitrogens with zero attached hydrogens (tertiary/aromatic N) is 2. The molecule has 0 bridgehead atoms. The van der Waals surface area contributed by atoms with Gasteiger partial charge in [0.1, 0.15) is 11.6 Å². The number of carbonyl (C=O) groups is 1. The summed E-state index contributed by atoms with van der Waals surface area (Å²) >= 11 is 0. The number of fused-ring (bicyclic) bond motifs is 1. The van der Waals surface area contributed by atoms with Gasteiger partial charge in [-0.05, 0) is 12.1 Å². The fourth-order valence-electron chi connectivity index (χ4n) is 0.866. The molecule has 0 aliphatic carbocycles. The highest BCUT2D eigenvalue weighted by Gasteiger charge is 2.06. The zero-order valence-electron chi connectivity index (χ0n) is 8.37. The van der Waals surface area contributed by atoms with Gasteiger partial charge in [-0.2, -0.15) is 0 Å². The number of aromatic amines is 1. The molecule has 0 unspecified atom stereocenters. The van der Waals surface area contributed by atoms with Crippen LogP contribution in [0.2, 0.25) is 0 Å². The van der Waals surface area contributed by atoms with Gasteiger partial charge < -0.3 is 15.9 Å². The summed E-state index contributed by atoms with van der Waals surface area (Å²) in [6, 6.07) is 6.61. The van der Waals surface area contributed by atoms with Crippen molar-refractivity contribution < 1.29 is 15.0 Å². The van der Waals surface area contributed by atoms with Gasteiger partial charge in [-0.25, -0.2) is 0 Å². The van der Waals surface area contributed by atoms with Crippen molar-refractivity contribution in [1.29, 1.82) is 0 Å². The van der Waals surface area contributed by atoms with Crippen LogP contribution >= 0.6 is 0 Å². The number of benzene rings is 1. The van der Waals surface area contributed by atoms with E-state index < -0.39 is 18.6 Å². The lowest BCUT2D eigenvalue weighted by molar-refractivity contribution is -0.139. The highest BCUT2D eigenvalue weighted by atomic mass is 16.4. The van der Waals surface area contributed by atoms with Crippen LogP contribution in [-0.2, 0) is 4.79 Å². The number of nitrogens with two attached hydrogens (primary N) is 1. The van der Waals surface area contributed by atoms with Gasteiger partial charge in [0.05, 0.1) is 12.1 Å². The first-order chi connectivity index (χ1) is 7.65. The van der Waals surface area contributed by atoms with E-state index in [9.17, 15) is 4.79 Å². The molecule has 0 saturated carbocycles. The first-order valence-electron chi connectivity index (χ1n) is 4.50. The van der Waals surface area contributed by atoms with Gasteiger partial charge in [0.2, 0.25) is 0 Å². The molecule has 0 amide bonds. The second kappa shape index (κ2) is 5.79. The van der Waals surface area contributed by atoms with E-state index in [4.69, 9.17) is 15.9 Å². The molecule has 2 aromatic rings. The molecule has 2 rings (SSSR count). The Balaban J connectivity index is 0.000000168. The number of aromatic nitrogens is 3. The summed E-state index contributed by atoms with van der Waals surface area (Å²) in [5.74, 6) is -1.18. The number of para-hydroxylation sites is 1. The molecule has 0 spiro atoms. The number of H-pyrrole nitrogens is 1. The number of aliphatic carboxylic acids is 1. The highest BCUT2D eigenvalue weighted by molar-refractivity contribution is 5.73. The van der Waals surface area contributed by atoms with Crippen molar-refractivity contribution in [1.82, 2.24) is 15.4 Å². The number of carboxylic acids is 1. The zero-order chi connectivity index (χ0) is 12.0. The summed E-state index contributed by atoms with van der Waals surface area (Å²) in [5.41, 5.74) is 6.66. The lowest BCUT2D eigenvalue weighted by Crippen LogP contribution is -2.33. The van der Waals surface area contributed by atoms with Crippen LogP contribution < -0.4 is 5.73 Å². The van der Waals surface area contributed by atoms with Crippen LogP contribution in [0.1, 0.15) is 0 Å². The van der Waals surface area contributed by atoms with Gasteiger partial charge in [-0.1, -0.05) is 17.3 Å². The summed E-state index contributed by atoms with van der Waals surface area (Å²) in [7, 11) is 0. The number of hydrogen-bond acceptors (Lipinski definition) is 5. The van der Waals surface area contributed by atoms with Crippen LogP contribution in [0.5, 0.6) is 0 Å². The molecule has 7 nitrogen and oxygen atoms in total. The first-order valence-corrected chi connectivity index (χ1v) is 4.50. The van der Waals surface area contributed by atoms with Crippen molar-refractivity contribution >= 4 is 17.0 Å². The van der Waals surface area contributed by atoms with Crippen molar-refractivity contribution in [3.05, 3.63) is 24.3 Å². The SMILES string of the molecule is N[C@@H](CO)C(=O)O.c1ccc2[nH]nnc2c1. The van der Waals surface area contributed by atoms with Gasteiger partial charge in [-0.15, -0.1) is 5.10 Å². The maximum Gasteiger partial charge on any atom is 0.322 e. The van der Waals surface area contributed by atoms with Gasteiger partial charge in [0.15, 0.2) is 0 Å². The van der Waals surface area contributed by atoms with Crippen LogP contribution in [0.3, 0.4) is 0 Å². The maximum atomic E-state index is 9.65. The molecule has 1 aromatic carbocycles. The van der Waals surface area contributed by atoms with Crippen molar-refractivity contribution in [3.8, 4) is 0 Å². The molecule has 0 radical (unpaired) electrons. The number of nitrogens with one attached hydrogen (secondary N) is 1. The van der Waals surface area contributed by atoms with E-state index in [1.165, 1.54) is 0 Å². The monoisotopic (exact) mass is 224 g/mol. The number of hydrogen-bond donors (Lipinski definition) is 4. The van der Waals surface area contributed by atoms with Gasteiger partial charge in [0.25, 0.3) is 0 Å². The molecule has 1 heterocycles. The van der Waals surface area contributed by atoms with Crippen molar-refractivity contribution in [2.75, 3.05) is 6.61 Å². The Labute approximate surface area is 90.9 Å². The van der Waals surface area contributed by atoms with E-state index in [0.29, 0.717) is 0 Å². The summed E-state index contributed by atoms with van der Waals surface area (Å²) in [6.07, 6.45) is 0. The number of carboxylic acid groups (broad SMARTS) is 1. The summed E-state index contributed by atoms with van der Waals surface area (Å²) < 4.78 is 0. The Hall–Kier alpha value is -1.99.